The summed E-state index contributed by atoms with van der Waals surface area (Å²) in [5.74, 6) is -0.322. The molecule has 0 amide bonds. The molecule has 3 rings (SSSR count). The maximum absolute atomic E-state index is 11.5. The normalized spacial score (nSPS) is 10.7. The number of rotatable bonds is 2. The van der Waals surface area contributed by atoms with Crippen molar-refractivity contribution >= 4 is 27.5 Å². The van der Waals surface area contributed by atoms with E-state index in [1.165, 1.54) is 18.4 Å². The number of thiophene rings is 1. The van der Waals surface area contributed by atoms with E-state index in [4.69, 9.17) is 4.74 Å². The Balaban J connectivity index is 2.14. The van der Waals surface area contributed by atoms with Crippen LogP contribution in [0.2, 0.25) is 0 Å². The van der Waals surface area contributed by atoms with Crippen molar-refractivity contribution in [2.75, 3.05) is 7.11 Å². The van der Waals surface area contributed by atoms with Gasteiger partial charge >= 0.3 is 5.97 Å². The van der Waals surface area contributed by atoms with Crippen LogP contribution in [0.25, 0.3) is 21.5 Å². The van der Waals surface area contributed by atoms with Crippen molar-refractivity contribution < 1.29 is 9.53 Å². The maximum Gasteiger partial charge on any atom is 0.348 e. The summed E-state index contributed by atoms with van der Waals surface area (Å²) in [6, 6.07) is 11.7. The Morgan fingerprint density at radius 3 is 2.83 bits per heavy atom. The van der Waals surface area contributed by atoms with Crippen molar-refractivity contribution in [2.45, 2.75) is 0 Å². The first-order valence-corrected chi connectivity index (χ1v) is 6.23. The third-order valence-corrected chi connectivity index (χ3v) is 3.71. The molecule has 0 radical (unpaired) electrons. The SMILES string of the molecule is COC(=O)c1cc2c(-c3ccccc3)[nH]nc2s1. The van der Waals surface area contributed by atoms with E-state index in [1.807, 2.05) is 36.4 Å². The van der Waals surface area contributed by atoms with Gasteiger partial charge in [-0.2, -0.15) is 5.10 Å². The quantitative estimate of drug-likeness (QED) is 0.719. The Morgan fingerprint density at radius 2 is 2.11 bits per heavy atom. The second-order valence-corrected chi connectivity index (χ2v) is 4.82. The minimum Gasteiger partial charge on any atom is -0.465 e. The molecule has 4 nitrogen and oxygen atoms in total. The Morgan fingerprint density at radius 1 is 1.33 bits per heavy atom. The lowest BCUT2D eigenvalue weighted by molar-refractivity contribution is 0.0606. The van der Waals surface area contributed by atoms with Crippen LogP contribution >= 0.6 is 11.3 Å². The predicted molar refractivity (Wildman–Crippen MR) is 70.7 cm³/mol. The number of hydrogen-bond donors (Lipinski definition) is 1. The fraction of sp³-hybridized carbons (Fsp3) is 0.0769. The molecule has 0 atom stereocenters. The molecule has 1 N–H and O–H groups in total. The van der Waals surface area contributed by atoms with Crippen molar-refractivity contribution in [3.8, 4) is 11.3 Å². The van der Waals surface area contributed by atoms with Gasteiger partial charge in [0.1, 0.15) is 9.71 Å². The molecule has 0 spiro atoms. The van der Waals surface area contributed by atoms with Crippen LogP contribution in [-0.2, 0) is 4.74 Å². The number of carbonyl (C=O) groups excluding carboxylic acids is 1. The maximum atomic E-state index is 11.5. The van der Waals surface area contributed by atoms with Gasteiger partial charge in [0.05, 0.1) is 12.8 Å². The molecule has 2 heterocycles. The number of methoxy groups -OCH3 is 1. The van der Waals surface area contributed by atoms with Gasteiger partial charge in [-0.1, -0.05) is 30.3 Å². The second-order valence-electron chi connectivity index (χ2n) is 3.79. The highest BCUT2D eigenvalue weighted by Gasteiger charge is 2.15. The molecule has 0 aliphatic carbocycles. The topological polar surface area (TPSA) is 55.0 Å². The van der Waals surface area contributed by atoms with E-state index in [1.54, 1.807) is 0 Å². The van der Waals surface area contributed by atoms with Crippen LogP contribution in [0.15, 0.2) is 36.4 Å². The van der Waals surface area contributed by atoms with E-state index in [0.29, 0.717) is 4.88 Å². The third-order valence-electron chi connectivity index (χ3n) is 2.70. The summed E-state index contributed by atoms with van der Waals surface area (Å²) < 4.78 is 4.71. The molecule has 3 aromatic rings. The van der Waals surface area contributed by atoms with Gasteiger partial charge in [0.25, 0.3) is 0 Å². The van der Waals surface area contributed by atoms with Crippen molar-refractivity contribution in [3.63, 3.8) is 0 Å². The van der Waals surface area contributed by atoms with Crippen LogP contribution < -0.4 is 0 Å². The minimum absolute atomic E-state index is 0.322. The summed E-state index contributed by atoms with van der Waals surface area (Å²) in [5, 5.41) is 8.17. The van der Waals surface area contributed by atoms with Gasteiger partial charge in [-0.15, -0.1) is 11.3 Å². The number of hydrogen-bond acceptors (Lipinski definition) is 4. The van der Waals surface area contributed by atoms with Gasteiger partial charge in [-0.25, -0.2) is 4.79 Å². The lowest BCUT2D eigenvalue weighted by atomic mass is 10.1. The molecule has 18 heavy (non-hydrogen) atoms. The van der Waals surface area contributed by atoms with Crippen LogP contribution in [0.5, 0.6) is 0 Å². The van der Waals surface area contributed by atoms with Crippen LogP contribution in [0.3, 0.4) is 0 Å². The molecular formula is C13H10N2O2S. The number of carbonyl (C=O) groups is 1. The van der Waals surface area contributed by atoms with Gasteiger partial charge in [-0.05, 0) is 6.07 Å². The molecule has 0 aliphatic rings. The average molecular weight is 258 g/mol. The molecule has 0 unspecified atom stereocenters. The number of H-pyrrole nitrogens is 1. The predicted octanol–water partition coefficient (Wildman–Crippen LogP) is 3.08. The number of esters is 1. The second kappa shape index (κ2) is 4.27. The summed E-state index contributed by atoms with van der Waals surface area (Å²) in [4.78, 5) is 12.9. The molecule has 1 aromatic carbocycles. The highest BCUT2D eigenvalue weighted by molar-refractivity contribution is 7.20. The first kappa shape index (κ1) is 11.0. The molecular weight excluding hydrogens is 248 g/mol. The van der Waals surface area contributed by atoms with Gasteiger partial charge in [0.2, 0.25) is 0 Å². The monoisotopic (exact) mass is 258 g/mol. The van der Waals surface area contributed by atoms with Crippen molar-refractivity contribution in [1.82, 2.24) is 10.2 Å². The highest BCUT2D eigenvalue weighted by Crippen LogP contribution is 2.32. The van der Waals surface area contributed by atoms with E-state index in [9.17, 15) is 4.79 Å². The summed E-state index contributed by atoms with van der Waals surface area (Å²) in [7, 11) is 1.38. The van der Waals surface area contributed by atoms with Crippen molar-refractivity contribution in [3.05, 3.63) is 41.3 Å². The Kier molecular flexibility index (Phi) is 2.60. The van der Waals surface area contributed by atoms with Gasteiger partial charge < -0.3 is 4.74 Å². The van der Waals surface area contributed by atoms with Gasteiger partial charge in [0.15, 0.2) is 0 Å². The minimum atomic E-state index is -0.322. The first-order chi connectivity index (χ1) is 8.79. The molecule has 0 saturated heterocycles. The zero-order valence-corrected chi connectivity index (χ0v) is 10.5. The fourth-order valence-corrected chi connectivity index (χ4v) is 2.75. The molecule has 0 bridgehead atoms. The number of aromatic nitrogens is 2. The van der Waals surface area contributed by atoms with E-state index in [0.717, 1.165) is 21.5 Å². The molecule has 0 saturated carbocycles. The van der Waals surface area contributed by atoms with E-state index in [-0.39, 0.29) is 5.97 Å². The first-order valence-electron chi connectivity index (χ1n) is 5.41. The lowest BCUT2D eigenvalue weighted by Gasteiger charge is -1.96. The largest absolute Gasteiger partial charge is 0.465 e. The molecule has 90 valence electrons. The standard InChI is InChI=1S/C13H10N2O2S/c1-17-13(16)10-7-9-11(14-15-12(9)18-10)8-5-3-2-4-6-8/h2-7H,1H3,(H,14,15). The Bertz CT molecular complexity index is 700. The number of ether oxygens (including phenoxy) is 1. The van der Waals surface area contributed by atoms with E-state index < -0.39 is 0 Å². The van der Waals surface area contributed by atoms with Gasteiger partial charge in [-0.3, -0.25) is 5.10 Å². The summed E-state index contributed by atoms with van der Waals surface area (Å²) >= 11 is 1.33. The zero-order chi connectivity index (χ0) is 12.5. The van der Waals surface area contributed by atoms with E-state index >= 15 is 0 Å². The summed E-state index contributed by atoms with van der Waals surface area (Å²) in [6.07, 6.45) is 0. The molecule has 0 fully saturated rings. The van der Waals surface area contributed by atoms with Crippen molar-refractivity contribution in [2.24, 2.45) is 0 Å². The zero-order valence-electron chi connectivity index (χ0n) is 9.64. The Labute approximate surface area is 107 Å². The van der Waals surface area contributed by atoms with E-state index in [2.05, 4.69) is 10.2 Å². The van der Waals surface area contributed by atoms with Crippen LogP contribution in [0, 0.1) is 0 Å². The number of fused-ring (bicyclic) bond motifs is 1. The number of nitrogens with zero attached hydrogens (tertiary/aromatic N) is 1. The summed E-state index contributed by atoms with van der Waals surface area (Å²) in [6.45, 7) is 0. The third kappa shape index (κ3) is 1.69. The average Bonchev–Trinajstić information content (AvgIpc) is 2.98. The molecule has 5 heteroatoms. The number of nitrogens with one attached hydrogen (secondary N) is 1. The van der Waals surface area contributed by atoms with Gasteiger partial charge in [0, 0.05) is 10.9 Å². The summed E-state index contributed by atoms with van der Waals surface area (Å²) in [5.41, 5.74) is 1.98. The fourth-order valence-electron chi connectivity index (χ4n) is 1.84. The number of benzene rings is 1. The molecule has 2 aromatic heterocycles. The number of aromatic amines is 1. The smallest absolute Gasteiger partial charge is 0.348 e. The van der Waals surface area contributed by atoms with Crippen LogP contribution in [0.4, 0.5) is 0 Å². The van der Waals surface area contributed by atoms with Crippen LogP contribution in [0.1, 0.15) is 9.67 Å². The molecule has 0 aliphatic heterocycles. The van der Waals surface area contributed by atoms with Crippen LogP contribution in [-0.4, -0.2) is 23.3 Å². The Hall–Kier alpha value is -2.14. The highest BCUT2D eigenvalue weighted by atomic mass is 32.1. The lowest BCUT2D eigenvalue weighted by Crippen LogP contribution is -1.96. The van der Waals surface area contributed by atoms with Crippen molar-refractivity contribution in [1.29, 1.82) is 0 Å².